The summed E-state index contributed by atoms with van der Waals surface area (Å²) in [4.78, 5) is -0.110. The van der Waals surface area contributed by atoms with E-state index >= 15 is 0 Å². The van der Waals surface area contributed by atoms with Crippen LogP contribution in [-0.2, 0) is 10.0 Å². The lowest BCUT2D eigenvalue weighted by Gasteiger charge is -2.12. The summed E-state index contributed by atoms with van der Waals surface area (Å²) in [5, 5.41) is 0. The first kappa shape index (κ1) is 12.8. The molecule has 96 valence electrons. The molecule has 1 unspecified atom stereocenters. The highest BCUT2D eigenvalue weighted by Gasteiger charge is 2.20. The maximum atomic E-state index is 13.0. The zero-order valence-corrected chi connectivity index (χ0v) is 10.4. The summed E-state index contributed by atoms with van der Waals surface area (Å²) in [6.07, 6.45) is 1.46. The predicted octanol–water partition coefficient (Wildman–Crippen LogP) is 2.46. The molecular weight excluding hydrogens is 257 g/mol. The Morgan fingerprint density at radius 3 is 2.67 bits per heavy atom. The maximum absolute atomic E-state index is 13.0. The Morgan fingerprint density at radius 2 is 2.06 bits per heavy atom. The molecule has 1 N–H and O–H groups in total. The minimum atomic E-state index is -3.76. The summed E-state index contributed by atoms with van der Waals surface area (Å²) in [6.45, 7) is 1.65. The van der Waals surface area contributed by atoms with Crippen molar-refractivity contribution in [3.63, 3.8) is 0 Å². The number of rotatable bonds is 4. The van der Waals surface area contributed by atoms with Crippen LogP contribution in [0, 0.1) is 5.82 Å². The van der Waals surface area contributed by atoms with Crippen molar-refractivity contribution in [2.24, 2.45) is 0 Å². The number of halogens is 1. The third-order valence-corrected chi connectivity index (χ3v) is 3.95. The van der Waals surface area contributed by atoms with Crippen LogP contribution < -0.4 is 4.72 Å². The van der Waals surface area contributed by atoms with Gasteiger partial charge in [-0.25, -0.2) is 17.5 Å². The second-order valence-corrected chi connectivity index (χ2v) is 5.53. The number of hydrogen-bond acceptors (Lipinski definition) is 3. The number of furan rings is 1. The summed E-state index contributed by atoms with van der Waals surface area (Å²) in [5.74, 6) is -0.0986. The molecule has 4 nitrogen and oxygen atoms in total. The Labute approximate surface area is 104 Å². The summed E-state index contributed by atoms with van der Waals surface area (Å²) in [5.41, 5.74) is 0. The molecule has 6 heteroatoms. The Hall–Kier alpha value is -1.66. The summed E-state index contributed by atoms with van der Waals surface area (Å²) < 4.78 is 44.5. The molecule has 1 aromatic heterocycles. The van der Waals surface area contributed by atoms with Gasteiger partial charge in [0.25, 0.3) is 0 Å². The van der Waals surface area contributed by atoms with Crippen LogP contribution in [0.1, 0.15) is 18.7 Å². The normalized spacial score (nSPS) is 13.4. The Balaban J connectivity index is 2.22. The second kappa shape index (κ2) is 4.91. The van der Waals surface area contributed by atoms with Gasteiger partial charge in [0.05, 0.1) is 17.2 Å². The molecule has 1 heterocycles. The highest BCUT2D eigenvalue weighted by molar-refractivity contribution is 7.89. The summed E-state index contributed by atoms with van der Waals surface area (Å²) >= 11 is 0. The van der Waals surface area contributed by atoms with Crippen molar-refractivity contribution in [3.05, 3.63) is 54.2 Å². The van der Waals surface area contributed by atoms with Gasteiger partial charge in [-0.15, -0.1) is 0 Å². The largest absolute Gasteiger partial charge is 0.468 e. The van der Waals surface area contributed by atoms with E-state index in [1.165, 1.54) is 24.5 Å². The van der Waals surface area contributed by atoms with Crippen LogP contribution >= 0.6 is 0 Å². The lowest BCUT2D eigenvalue weighted by atomic mass is 10.3. The van der Waals surface area contributed by atoms with Crippen LogP contribution in [0.5, 0.6) is 0 Å². The first-order valence-corrected chi connectivity index (χ1v) is 6.78. The molecule has 0 radical (unpaired) electrons. The van der Waals surface area contributed by atoms with E-state index < -0.39 is 21.9 Å². The van der Waals surface area contributed by atoms with Gasteiger partial charge in [-0.3, -0.25) is 0 Å². The molecule has 2 aromatic rings. The first-order chi connectivity index (χ1) is 8.49. The summed E-state index contributed by atoms with van der Waals surface area (Å²) in [7, 11) is -3.76. The standard InChI is InChI=1S/C12H12FNO3S/c1-9(12-6-3-7-17-12)14-18(15,16)11-5-2-4-10(13)8-11/h2-9,14H,1H3. The van der Waals surface area contributed by atoms with Gasteiger partial charge in [0, 0.05) is 0 Å². The molecule has 0 fully saturated rings. The second-order valence-electron chi connectivity index (χ2n) is 3.82. The predicted molar refractivity (Wildman–Crippen MR) is 63.8 cm³/mol. The zero-order chi connectivity index (χ0) is 13.2. The summed E-state index contributed by atoms with van der Waals surface area (Å²) in [6, 6.07) is 7.66. The highest BCUT2D eigenvalue weighted by atomic mass is 32.2. The molecule has 0 aliphatic heterocycles. The minimum absolute atomic E-state index is 0.110. The Bertz CT molecular complexity index is 623. The SMILES string of the molecule is CC(NS(=O)(=O)c1cccc(F)c1)c1ccco1. The van der Waals surface area contributed by atoms with Crippen LogP contribution in [0.25, 0.3) is 0 Å². The van der Waals surface area contributed by atoms with E-state index in [-0.39, 0.29) is 4.90 Å². The van der Waals surface area contributed by atoms with Crippen molar-refractivity contribution in [3.8, 4) is 0 Å². The van der Waals surface area contributed by atoms with Crippen LogP contribution in [0.4, 0.5) is 4.39 Å². The highest BCUT2D eigenvalue weighted by Crippen LogP contribution is 2.17. The Morgan fingerprint density at radius 1 is 1.28 bits per heavy atom. The molecule has 0 amide bonds. The van der Waals surface area contributed by atoms with Crippen molar-refractivity contribution in [2.45, 2.75) is 17.9 Å². The quantitative estimate of drug-likeness (QED) is 0.927. The van der Waals surface area contributed by atoms with E-state index in [0.29, 0.717) is 5.76 Å². The van der Waals surface area contributed by atoms with Crippen molar-refractivity contribution >= 4 is 10.0 Å². The lowest BCUT2D eigenvalue weighted by molar-refractivity contribution is 0.459. The van der Waals surface area contributed by atoms with Crippen molar-refractivity contribution in [2.75, 3.05) is 0 Å². The molecule has 18 heavy (non-hydrogen) atoms. The van der Waals surface area contributed by atoms with E-state index in [4.69, 9.17) is 4.42 Å². The van der Waals surface area contributed by atoms with E-state index in [1.807, 2.05) is 0 Å². The molecule has 0 aliphatic rings. The smallest absolute Gasteiger partial charge is 0.241 e. The first-order valence-electron chi connectivity index (χ1n) is 5.30. The molecule has 1 aromatic carbocycles. The Kier molecular flexibility index (Phi) is 3.49. The molecule has 1 atom stereocenters. The van der Waals surface area contributed by atoms with Crippen LogP contribution in [0.2, 0.25) is 0 Å². The fourth-order valence-corrected chi connectivity index (χ4v) is 2.77. The molecule has 0 bridgehead atoms. The number of hydrogen-bond donors (Lipinski definition) is 1. The molecule has 0 aliphatic carbocycles. The molecule has 0 saturated heterocycles. The van der Waals surface area contributed by atoms with Gasteiger partial charge in [-0.2, -0.15) is 0 Å². The van der Waals surface area contributed by atoms with Crippen molar-refractivity contribution in [1.29, 1.82) is 0 Å². The van der Waals surface area contributed by atoms with Crippen LogP contribution in [-0.4, -0.2) is 8.42 Å². The molecule has 0 spiro atoms. The average molecular weight is 269 g/mol. The van der Waals surface area contributed by atoms with Crippen molar-refractivity contribution < 1.29 is 17.2 Å². The van der Waals surface area contributed by atoms with Gasteiger partial charge in [-0.05, 0) is 37.3 Å². The van der Waals surface area contributed by atoms with Crippen LogP contribution in [0.15, 0.2) is 52.0 Å². The fraction of sp³-hybridized carbons (Fsp3) is 0.167. The number of nitrogens with one attached hydrogen (secondary N) is 1. The van der Waals surface area contributed by atoms with E-state index in [2.05, 4.69) is 4.72 Å². The number of sulfonamides is 1. The zero-order valence-electron chi connectivity index (χ0n) is 9.63. The molecular formula is C12H12FNO3S. The third-order valence-electron chi connectivity index (χ3n) is 2.41. The van der Waals surface area contributed by atoms with Gasteiger partial charge < -0.3 is 4.42 Å². The van der Waals surface area contributed by atoms with E-state index in [9.17, 15) is 12.8 Å². The minimum Gasteiger partial charge on any atom is -0.468 e. The fourth-order valence-electron chi connectivity index (χ4n) is 1.53. The number of benzene rings is 1. The van der Waals surface area contributed by atoms with Crippen LogP contribution in [0.3, 0.4) is 0 Å². The maximum Gasteiger partial charge on any atom is 0.241 e. The molecule has 2 rings (SSSR count). The van der Waals surface area contributed by atoms with Crippen molar-refractivity contribution in [1.82, 2.24) is 4.72 Å². The van der Waals surface area contributed by atoms with Gasteiger partial charge in [0.2, 0.25) is 10.0 Å². The van der Waals surface area contributed by atoms with Gasteiger partial charge in [-0.1, -0.05) is 6.07 Å². The topological polar surface area (TPSA) is 59.3 Å². The van der Waals surface area contributed by atoms with E-state index in [1.54, 1.807) is 19.1 Å². The monoisotopic (exact) mass is 269 g/mol. The average Bonchev–Trinajstić information content (AvgIpc) is 2.82. The van der Waals surface area contributed by atoms with E-state index in [0.717, 1.165) is 6.07 Å². The van der Waals surface area contributed by atoms with Gasteiger partial charge >= 0.3 is 0 Å². The van der Waals surface area contributed by atoms with Gasteiger partial charge in [0.15, 0.2) is 0 Å². The molecule has 0 saturated carbocycles. The van der Waals surface area contributed by atoms with Gasteiger partial charge in [0.1, 0.15) is 11.6 Å². The third kappa shape index (κ3) is 2.77. The lowest BCUT2D eigenvalue weighted by Crippen LogP contribution is -2.26.